The number of hydrogen-bond donors (Lipinski definition) is 1. The summed E-state index contributed by atoms with van der Waals surface area (Å²) in [6.07, 6.45) is 0. The summed E-state index contributed by atoms with van der Waals surface area (Å²) < 4.78 is 5.25. The Morgan fingerprint density at radius 1 is 1.04 bits per heavy atom. The van der Waals surface area contributed by atoms with Gasteiger partial charge in [-0.15, -0.1) is 0 Å². The number of amides is 2. The predicted octanol–water partition coefficient (Wildman–Crippen LogP) is 2.99. The van der Waals surface area contributed by atoms with Crippen molar-refractivity contribution in [1.29, 1.82) is 0 Å². The molecule has 1 saturated heterocycles. The minimum atomic E-state index is -0.330. The van der Waals surface area contributed by atoms with Gasteiger partial charge in [-0.3, -0.25) is 9.59 Å². The zero-order chi connectivity index (χ0) is 19.4. The van der Waals surface area contributed by atoms with Gasteiger partial charge in [-0.2, -0.15) is 0 Å². The topological polar surface area (TPSA) is 61.9 Å². The molecule has 1 N–H and O–H groups in total. The van der Waals surface area contributed by atoms with Crippen LogP contribution in [0.15, 0.2) is 42.5 Å². The van der Waals surface area contributed by atoms with E-state index in [9.17, 15) is 9.59 Å². The molecule has 0 spiro atoms. The first kappa shape index (κ1) is 19.2. The van der Waals surface area contributed by atoms with E-state index < -0.39 is 0 Å². The summed E-state index contributed by atoms with van der Waals surface area (Å²) in [6, 6.07) is 11.7. The van der Waals surface area contributed by atoms with E-state index in [4.69, 9.17) is 16.3 Å². The van der Waals surface area contributed by atoms with E-state index in [2.05, 4.69) is 10.2 Å². The van der Waals surface area contributed by atoms with Crippen LogP contribution in [0.5, 0.6) is 5.75 Å². The minimum Gasteiger partial charge on any atom is -0.495 e. The maximum Gasteiger partial charge on any atom is 0.255 e. The molecular weight excluding hydrogens is 366 g/mol. The Balaban J connectivity index is 1.76. The molecule has 0 unspecified atom stereocenters. The fourth-order valence-electron chi connectivity index (χ4n) is 2.96. The smallest absolute Gasteiger partial charge is 0.255 e. The Labute approximate surface area is 163 Å². The molecule has 0 atom stereocenters. The summed E-state index contributed by atoms with van der Waals surface area (Å²) in [5.41, 5.74) is 1.38. The molecule has 0 aliphatic carbocycles. The number of nitrogens with one attached hydrogen (secondary N) is 1. The molecule has 0 radical (unpaired) electrons. The summed E-state index contributed by atoms with van der Waals surface area (Å²) in [5, 5.41) is 3.28. The van der Waals surface area contributed by atoms with Crippen LogP contribution >= 0.6 is 11.6 Å². The maximum absolute atomic E-state index is 12.7. The zero-order valence-corrected chi connectivity index (χ0v) is 16.1. The van der Waals surface area contributed by atoms with Gasteiger partial charge in [0.1, 0.15) is 5.75 Å². The van der Waals surface area contributed by atoms with Crippen molar-refractivity contribution in [3.05, 3.63) is 58.6 Å². The normalized spacial score (nSPS) is 14.7. The van der Waals surface area contributed by atoms with Crippen molar-refractivity contribution in [2.45, 2.75) is 0 Å². The van der Waals surface area contributed by atoms with E-state index in [-0.39, 0.29) is 11.8 Å². The first-order valence-corrected chi connectivity index (χ1v) is 9.08. The summed E-state index contributed by atoms with van der Waals surface area (Å²) >= 11 is 6.01. The number of hydrogen-bond acceptors (Lipinski definition) is 4. The number of benzene rings is 2. The lowest BCUT2D eigenvalue weighted by molar-refractivity contribution is 0.0664. The highest BCUT2D eigenvalue weighted by atomic mass is 35.5. The summed E-state index contributed by atoms with van der Waals surface area (Å²) in [7, 11) is 3.56. The number of methoxy groups -OCH3 is 1. The van der Waals surface area contributed by atoms with Crippen molar-refractivity contribution in [1.82, 2.24) is 9.80 Å². The Kier molecular flexibility index (Phi) is 5.98. The summed E-state index contributed by atoms with van der Waals surface area (Å²) in [6.45, 7) is 3.07. The molecule has 0 saturated carbocycles. The maximum atomic E-state index is 12.7. The largest absolute Gasteiger partial charge is 0.495 e. The first-order valence-electron chi connectivity index (χ1n) is 8.70. The second kappa shape index (κ2) is 8.41. The predicted molar refractivity (Wildman–Crippen MR) is 106 cm³/mol. The number of piperazine rings is 1. The number of rotatable bonds is 4. The second-order valence-corrected chi connectivity index (χ2v) is 6.91. The van der Waals surface area contributed by atoms with Gasteiger partial charge >= 0.3 is 0 Å². The molecule has 1 heterocycles. The molecular formula is C20H22ClN3O3. The highest BCUT2D eigenvalue weighted by molar-refractivity contribution is 6.31. The van der Waals surface area contributed by atoms with Crippen LogP contribution in [0, 0.1) is 0 Å². The van der Waals surface area contributed by atoms with Crippen molar-refractivity contribution >= 4 is 29.1 Å². The zero-order valence-electron chi connectivity index (χ0n) is 15.4. The number of anilines is 1. The highest BCUT2D eigenvalue weighted by Crippen LogP contribution is 2.28. The molecule has 142 valence electrons. The van der Waals surface area contributed by atoms with Crippen molar-refractivity contribution in [2.75, 3.05) is 45.7 Å². The number of halogens is 1. The lowest BCUT2D eigenvalue weighted by atomic mass is 10.1. The highest BCUT2D eigenvalue weighted by Gasteiger charge is 2.21. The molecule has 6 nitrogen and oxygen atoms in total. The van der Waals surface area contributed by atoms with E-state index in [1.807, 2.05) is 11.9 Å². The fourth-order valence-corrected chi connectivity index (χ4v) is 3.13. The number of carbonyl (C=O) groups is 2. The van der Waals surface area contributed by atoms with Crippen LogP contribution in [-0.4, -0.2) is 62.0 Å². The first-order chi connectivity index (χ1) is 13.0. The van der Waals surface area contributed by atoms with E-state index in [0.29, 0.717) is 40.7 Å². The second-order valence-electron chi connectivity index (χ2n) is 6.48. The van der Waals surface area contributed by atoms with Crippen molar-refractivity contribution in [3.8, 4) is 5.75 Å². The van der Waals surface area contributed by atoms with Crippen molar-refractivity contribution in [2.24, 2.45) is 0 Å². The molecule has 2 aromatic rings. The number of ether oxygens (including phenoxy) is 1. The van der Waals surface area contributed by atoms with E-state index >= 15 is 0 Å². The van der Waals surface area contributed by atoms with Gasteiger partial charge in [-0.05, 0) is 43.4 Å². The van der Waals surface area contributed by atoms with E-state index in [1.165, 1.54) is 7.11 Å². The van der Waals surface area contributed by atoms with Gasteiger partial charge in [-0.1, -0.05) is 17.7 Å². The van der Waals surface area contributed by atoms with Crippen molar-refractivity contribution < 1.29 is 14.3 Å². The molecule has 7 heteroatoms. The summed E-state index contributed by atoms with van der Waals surface area (Å²) in [5.74, 6) is 0.124. The van der Waals surface area contributed by atoms with Crippen LogP contribution < -0.4 is 10.1 Å². The van der Waals surface area contributed by atoms with E-state index in [1.54, 1.807) is 42.5 Å². The average Bonchev–Trinajstić information content (AvgIpc) is 2.68. The van der Waals surface area contributed by atoms with Gasteiger partial charge in [0.25, 0.3) is 11.8 Å². The lowest BCUT2D eigenvalue weighted by Gasteiger charge is -2.32. The van der Waals surface area contributed by atoms with Crippen LogP contribution in [0.25, 0.3) is 0 Å². The fraction of sp³-hybridized carbons (Fsp3) is 0.300. The van der Waals surface area contributed by atoms with Crippen LogP contribution in [0.2, 0.25) is 5.02 Å². The van der Waals surface area contributed by atoms with Crippen molar-refractivity contribution in [3.63, 3.8) is 0 Å². The van der Waals surface area contributed by atoms with E-state index in [0.717, 1.165) is 13.1 Å². The molecule has 1 aliphatic heterocycles. The Morgan fingerprint density at radius 2 is 1.74 bits per heavy atom. The lowest BCUT2D eigenvalue weighted by Crippen LogP contribution is -2.47. The Morgan fingerprint density at radius 3 is 2.44 bits per heavy atom. The minimum absolute atomic E-state index is 0.0573. The number of nitrogens with zero attached hydrogens (tertiary/aromatic N) is 2. The van der Waals surface area contributed by atoms with Gasteiger partial charge in [0.15, 0.2) is 0 Å². The number of carbonyl (C=O) groups excluding carboxylic acids is 2. The third-order valence-electron chi connectivity index (χ3n) is 4.57. The molecule has 3 rings (SSSR count). The van der Waals surface area contributed by atoms with Crippen LogP contribution in [0.4, 0.5) is 5.69 Å². The molecule has 1 aliphatic rings. The molecule has 0 aromatic heterocycles. The van der Waals surface area contributed by atoms with Crippen LogP contribution in [0.3, 0.4) is 0 Å². The Bertz CT molecular complexity index is 848. The SMILES string of the molecule is COc1ccc(Cl)cc1NC(=O)c1cccc(C(=O)N2CCN(C)CC2)c1. The monoisotopic (exact) mass is 387 g/mol. The molecule has 0 bridgehead atoms. The molecule has 2 amide bonds. The van der Waals surface area contributed by atoms with Gasteiger partial charge in [0.05, 0.1) is 12.8 Å². The summed E-state index contributed by atoms with van der Waals surface area (Å²) in [4.78, 5) is 29.4. The quantitative estimate of drug-likeness (QED) is 0.876. The third-order valence-corrected chi connectivity index (χ3v) is 4.81. The third kappa shape index (κ3) is 4.59. The molecule has 2 aromatic carbocycles. The van der Waals surface area contributed by atoms with Gasteiger partial charge in [0.2, 0.25) is 0 Å². The average molecular weight is 388 g/mol. The molecule has 27 heavy (non-hydrogen) atoms. The van der Waals surface area contributed by atoms with Gasteiger partial charge in [0, 0.05) is 42.3 Å². The number of likely N-dealkylation sites (N-methyl/N-ethyl adjacent to an activating group) is 1. The van der Waals surface area contributed by atoms with Crippen LogP contribution in [0.1, 0.15) is 20.7 Å². The molecule has 1 fully saturated rings. The van der Waals surface area contributed by atoms with Gasteiger partial charge in [-0.25, -0.2) is 0 Å². The van der Waals surface area contributed by atoms with Gasteiger partial charge < -0.3 is 19.9 Å². The standard InChI is InChI=1S/C20H22ClN3O3/c1-23-8-10-24(11-9-23)20(26)15-5-3-4-14(12-15)19(25)22-17-13-16(21)6-7-18(17)27-2/h3-7,12-13H,8-11H2,1-2H3,(H,22,25). The Hall–Kier alpha value is -2.57. The van der Waals surface area contributed by atoms with Crippen LogP contribution in [-0.2, 0) is 0 Å².